The van der Waals surface area contributed by atoms with Crippen molar-refractivity contribution in [2.45, 2.75) is 19.8 Å². The molecule has 0 saturated carbocycles. The van der Waals surface area contributed by atoms with Crippen molar-refractivity contribution < 1.29 is 9.59 Å². The van der Waals surface area contributed by atoms with Gasteiger partial charge in [-0.15, -0.1) is 0 Å². The Morgan fingerprint density at radius 1 is 1.31 bits per heavy atom. The molecule has 0 N–H and O–H groups in total. The standard InChI is InChI=1S/C13H15NO2/c1-10-3-2-4-11(7-10)5-6-14-9-12(15)8-13(14)16/h2-4,7H,5-6,8-9H2,1H3. The zero-order chi connectivity index (χ0) is 11.5. The lowest BCUT2D eigenvalue weighted by molar-refractivity contribution is -0.127. The fraction of sp³-hybridized carbons (Fsp3) is 0.385. The zero-order valence-electron chi connectivity index (χ0n) is 9.40. The van der Waals surface area contributed by atoms with Crippen LogP contribution >= 0.6 is 0 Å². The monoisotopic (exact) mass is 217 g/mol. The molecule has 0 spiro atoms. The Bertz CT molecular complexity index is 426. The maximum atomic E-state index is 11.4. The van der Waals surface area contributed by atoms with E-state index in [9.17, 15) is 9.59 Å². The number of amides is 1. The van der Waals surface area contributed by atoms with Crippen LogP contribution in [-0.4, -0.2) is 29.7 Å². The van der Waals surface area contributed by atoms with Gasteiger partial charge in [0.05, 0.1) is 13.0 Å². The van der Waals surface area contributed by atoms with Gasteiger partial charge in [-0.1, -0.05) is 29.8 Å². The lowest BCUT2D eigenvalue weighted by Crippen LogP contribution is -2.27. The lowest BCUT2D eigenvalue weighted by Gasteiger charge is -2.14. The minimum Gasteiger partial charge on any atom is -0.335 e. The Morgan fingerprint density at radius 3 is 2.75 bits per heavy atom. The van der Waals surface area contributed by atoms with Gasteiger partial charge >= 0.3 is 0 Å². The number of rotatable bonds is 3. The molecule has 0 radical (unpaired) electrons. The van der Waals surface area contributed by atoms with Crippen molar-refractivity contribution in [3.63, 3.8) is 0 Å². The molecule has 0 aromatic heterocycles. The molecule has 1 aromatic rings. The molecule has 0 aliphatic carbocycles. The fourth-order valence-corrected chi connectivity index (χ4v) is 1.97. The van der Waals surface area contributed by atoms with Gasteiger partial charge in [0, 0.05) is 6.54 Å². The highest BCUT2D eigenvalue weighted by molar-refractivity contribution is 6.05. The van der Waals surface area contributed by atoms with Crippen molar-refractivity contribution in [2.75, 3.05) is 13.1 Å². The molecule has 3 nitrogen and oxygen atoms in total. The number of ketones is 1. The van der Waals surface area contributed by atoms with E-state index >= 15 is 0 Å². The number of benzene rings is 1. The third kappa shape index (κ3) is 2.48. The number of hydrogen-bond acceptors (Lipinski definition) is 2. The van der Waals surface area contributed by atoms with Gasteiger partial charge in [0.1, 0.15) is 0 Å². The second-order valence-corrected chi connectivity index (χ2v) is 4.27. The van der Waals surface area contributed by atoms with Crippen LogP contribution in [0.3, 0.4) is 0 Å². The van der Waals surface area contributed by atoms with Crippen molar-refractivity contribution in [2.24, 2.45) is 0 Å². The van der Waals surface area contributed by atoms with Gasteiger partial charge in [0.25, 0.3) is 0 Å². The Balaban J connectivity index is 1.93. The summed E-state index contributed by atoms with van der Waals surface area (Å²) < 4.78 is 0. The molecule has 1 fully saturated rings. The number of hydrogen-bond donors (Lipinski definition) is 0. The van der Waals surface area contributed by atoms with Gasteiger partial charge in [0.2, 0.25) is 5.91 Å². The van der Waals surface area contributed by atoms with E-state index < -0.39 is 0 Å². The van der Waals surface area contributed by atoms with Gasteiger partial charge in [-0.25, -0.2) is 0 Å². The van der Waals surface area contributed by atoms with E-state index in [0.29, 0.717) is 13.1 Å². The predicted octanol–water partition coefficient (Wildman–Crippen LogP) is 1.34. The second kappa shape index (κ2) is 4.47. The number of likely N-dealkylation sites (tertiary alicyclic amines) is 1. The average Bonchev–Trinajstić information content (AvgIpc) is 2.54. The van der Waals surface area contributed by atoms with E-state index in [0.717, 1.165) is 6.42 Å². The largest absolute Gasteiger partial charge is 0.335 e. The molecule has 3 heteroatoms. The maximum Gasteiger partial charge on any atom is 0.230 e. The predicted molar refractivity (Wildman–Crippen MR) is 61.1 cm³/mol. The minimum atomic E-state index is -0.0300. The minimum absolute atomic E-state index is 0.0300. The zero-order valence-corrected chi connectivity index (χ0v) is 9.40. The van der Waals surface area contributed by atoms with Gasteiger partial charge in [-0.05, 0) is 18.9 Å². The van der Waals surface area contributed by atoms with Gasteiger partial charge < -0.3 is 4.90 Å². The lowest BCUT2D eigenvalue weighted by atomic mass is 10.1. The molecule has 1 aliphatic rings. The van der Waals surface area contributed by atoms with E-state index in [1.54, 1.807) is 4.90 Å². The van der Waals surface area contributed by atoms with E-state index in [-0.39, 0.29) is 18.1 Å². The topological polar surface area (TPSA) is 37.4 Å². The summed E-state index contributed by atoms with van der Waals surface area (Å²) in [7, 11) is 0. The molecule has 1 heterocycles. The number of aryl methyl sites for hydroxylation is 1. The van der Waals surface area contributed by atoms with Crippen LogP contribution < -0.4 is 0 Å². The maximum absolute atomic E-state index is 11.4. The summed E-state index contributed by atoms with van der Waals surface area (Å²) in [5.74, 6) is 0.00638. The molecular weight excluding hydrogens is 202 g/mol. The fourth-order valence-electron chi connectivity index (χ4n) is 1.97. The molecule has 1 aliphatic heterocycles. The first-order valence-electron chi connectivity index (χ1n) is 5.50. The smallest absolute Gasteiger partial charge is 0.230 e. The number of Topliss-reactive ketones (excluding diaryl/α,β-unsaturated/α-hetero) is 1. The highest BCUT2D eigenvalue weighted by atomic mass is 16.2. The summed E-state index contributed by atoms with van der Waals surface area (Å²) in [5, 5.41) is 0. The number of carbonyl (C=O) groups is 2. The van der Waals surface area contributed by atoms with Crippen molar-refractivity contribution in [3.8, 4) is 0 Å². The molecule has 2 rings (SSSR count). The highest BCUT2D eigenvalue weighted by Crippen LogP contribution is 2.10. The van der Waals surface area contributed by atoms with Crippen LogP contribution in [0.1, 0.15) is 17.5 Å². The van der Waals surface area contributed by atoms with Crippen molar-refractivity contribution in [3.05, 3.63) is 35.4 Å². The molecule has 0 bridgehead atoms. The van der Waals surface area contributed by atoms with Crippen LogP contribution in [0.4, 0.5) is 0 Å². The Labute approximate surface area is 95.1 Å². The quantitative estimate of drug-likeness (QED) is 0.716. The van der Waals surface area contributed by atoms with Crippen LogP contribution in [0.15, 0.2) is 24.3 Å². The van der Waals surface area contributed by atoms with Crippen LogP contribution in [-0.2, 0) is 16.0 Å². The highest BCUT2D eigenvalue weighted by Gasteiger charge is 2.26. The summed E-state index contributed by atoms with van der Waals surface area (Å²) in [5.41, 5.74) is 2.44. The number of nitrogens with zero attached hydrogens (tertiary/aromatic N) is 1. The second-order valence-electron chi connectivity index (χ2n) is 4.27. The van der Waals surface area contributed by atoms with Crippen molar-refractivity contribution in [1.29, 1.82) is 0 Å². The first-order chi connectivity index (χ1) is 7.65. The van der Waals surface area contributed by atoms with Crippen molar-refractivity contribution >= 4 is 11.7 Å². The Morgan fingerprint density at radius 2 is 2.12 bits per heavy atom. The summed E-state index contributed by atoms with van der Waals surface area (Å²) >= 11 is 0. The van der Waals surface area contributed by atoms with Crippen LogP contribution in [0, 0.1) is 6.92 Å². The average molecular weight is 217 g/mol. The van der Waals surface area contributed by atoms with E-state index in [1.165, 1.54) is 11.1 Å². The van der Waals surface area contributed by atoms with Gasteiger partial charge in [-0.3, -0.25) is 9.59 Å². The first kappa shape index (κ1) is 10.9. The third-order valence-corrected chi connectivity index (χ3v) is 2.82. The molecule has 1 amide bonds. The third-order valence-electron chi connectivity index (χ3n) is 2.82. The molecule has 0 unspecified atom stereocenters. The summed E-state index contributed by atoms with van der Waals surface area (Å²) in [6.07, 6.45) is 0.911. The number of carbonyl (C=O) groups excluding carboxylic acids is 2. The molecule has 16 heavy (non-hydrogen) atoms. The van der Waals surface area contributed by atoms with Crippen LogP contribution in [0.25, 0.3) is 0 Å². The van der Waals surface area contributed by atoms with Gasteiger partial charge in [0.15, 0.2) is 5.78 Å². The summed E-state index contributed by atoms with van der Waals surface area (Å²) in [4.78, 5) is 24.1. The summed E-state index contributed by atoms with van der Waals surface area (Å²) in [6, 6.07) is 8.23. The van der Waals surface area contributed by atoms with Gasteiger partial charge in [-0.2, -0.15) is 0 Å². The SMILES string of the molecule is Cc1cccc(CCN2CC(=O)CC2=O)c1. The summed E-state index contributed by atoms with van der Waals surface area (Å²) in [6.45, 7) is 2.99. The molecule has 84 valence electrons. The normalized spacial score (nSPS) is 15.9. The Kier molecular flexibility index (Phi) is 3.04. The van der Waals surface area contributed by atoms with Crippen LogP contribution in [0.2, 0.25) is 0 Å². The van der Waals surface area contributed by atoms with Crippen molar-refractivity contribution in [1.82, 2.24) is 4.90 Å². The molecule has 1 saturated heterocycles. The molecule has 1 aromatic carbocycles. The Hall–Kier alpha value is -1.64. The first-order valence-corrected chi connectivity index (χ1v) is 5.50. The van der Waals surface area contributed by atoms with E-state index in [2.05, 4.69) is 12.1 Å². The molecular formula is C13H15NO2. The van der Waals surface area contributed by atoms with E-state index in [1.807, 2.05) is 19.1 Å². The molecule has 0 atom stereocenters. The van der Waals surface area contributed by atoms with Crippen LogP contribution in [0.5, 0.6) is 0 Å². The van der Waals surface area contributed by atoms with E-state index in [4.69, 9.17) is 0 Å².